The van der Waals surface area contributed by atoms with Crippen LogP contribution in [0.3, 0.4) is 0 Å². The lowest BCUT2D eigenvalue weighted by Gasteiger charge is -2.61. The van der Waals surface area contributed by atoms with Crippen molar-refractivity contribution in [2.45, 2.75) is 75.0 Å². The molecule has 6 rings (SSSR count). The first kappa shape index (κ1) is 12.3. The van der Waals surface area contributed by atoms with Crippen molar-refractivity contribution < 1.29 is 12.6 Å². The standard InChI is InChI=1S/C18H25N3O2/c19-8-13-2-12-3-14(12)21(13)16(22)15(20)17-4-10-1-11(5-17)7-18(23,6-10)9-17/h10-15,23H,1-7,9,20H2/t10?,11?,12-,13+,14+,15-,17?,18?/m1/s1/i3D2,16+1. The molecule has 1 heterocycles. The van der Waals surface area contributed by atoms with Gasteiger partial charge in [0.1, 0.15) is 6.04 Å². The van der Waals surface area contributed by atoms with Crippen molar-refractivity contribution in [2.24, 2.45) is 28.9 Å². The highest BCUT2D eigenvalue weighted by Gasteiger charge is 2.62. The predicted molar refractivity (Wildman–Crippen MR) is 82.8 cm³/mol. The van der Waals surface area contributed by atoms with E-state index in [0.29, 0.717) is 24.7 Å². The molecule has 0 aromatic carbocycles. The Labute approximate surface area is 139 Å². The van der Waals surface area contributed by atoms with Gasteiger partial charge in [-0.25, -0.2) is 0 Å². The number of rotatable bonds is 2. The Morgan fingerprint density at radius 1 is 1.35 bits per heavy atom. The molecular formula is C18H25N3O2. The van der Waals surface area contributed by atoms with Gasteiger partial charge in [0, 0.05) is 8.78 Å². The lowest BCUT2D eigenvalue weighted by atomic mass is 9.47. The molecule has 23 heavy (non-hydrogen) atoms. The highest BCUT2D eigenvalue weighted by atomic mass is 16.3. The lowest BCUT2D eigenvalue weighted by Crippen LogP contribution is -2.64. The van der Waals surface area contributed by atoms with Gasteiger partial charge in [0.25, 0.3) is 0 Å². The first-order valence-corrected chi connectivity index (χ1v) is 8.89. The van der Waals surface area contributed by atoms with Crippen LogP contribution in [0.1, 0.15) is 54.1 Å². The summed E-state index contributed by atoms with van der Waals surface area (Å²) in [5.74, 6) is 0.380. The first-order chi connectivity index (χ1) is 11.7. The van der Waals surface area contributed by atoms with E-state index >= 15 is 0 Å². The van der Waals surface area contributed by atoms with Crippen molar-refractivity contribution in [3.8, 4) is 6.07 Å². The van der Waals surface area contributed by atoms with E-state index in [9.17, 15) is 15.2 Å². The Kier molecular flexibility index (Phi) is 2.29. The van der Waals surface area contributed by atoms with Crippen molar-refractivity contribution in [1.29, 1.82) is 5.26 Å². The van der Waals surface area contributed by atoms with E-state index in [1.807, 2.05) is 0 Å². The number of nitrogens with two attached hydrogens (primary N) is 1. The summed E-state index contributed by atoms with van der Waals surface area (Å²) in [5.41, 5.74) is 5.45. The van der Waals surface area contributed by atoms with Gasteiger partial charge in [-0.1, -0.05) is 0 Å². The van der Waals surface area contributed by atoms with Crippen LogP contribution in [-0.4, -0.2) is 39.6 Å². The summed E-state index contributed by atoms with van der Waals surface area (Å²) in [7, 11) is 0. The highest BCUT2D eigenvalue weighted by Crippen LogP contribution is 2.63. The monoisotopic (exact) mass is 318 g/mol. The van der Waals surface area contributed by atoms with Gasteiger partial charge in [-0.3, -0.25) is 4.79 Å². The average Bonchev–Trinajstić information content (AvgIpc) is 2.89. The van der Waals surface area contributed by atoms with Crippen LogP contribution in [0.2, 0.25) is 0 Å². The van der Waals surface area contributed by atoms with E-state index in [-0.39, 0.29) is 17.2 Å². The second-order valence-corrected chi connectivity index (χ2v) is 8.87. The molecule has 0 aromatic heterocycles. The molecule has 5 heteroatoms. The molecular weight excluding hydrogens is 291 g/mol. The quantitative estimate of drug-likeness (QED) is 0.748. The number of carbonyl (C=O) groups is 1. The van der Waals surface area contributed by atoms with Crippen molar-refractivity contribution >= 4 is 5.91 Å². The zero-order chi connectivity index (χ0) is 17.8. The number of fused-ring (bicyclic) bond motifs is 1. The largest absolute Gasteiger partial charge is 0.390 e. The minimum atomic E-state index is -1.39. The number of nitriles is 1. The van der Waals surface area contributed by atoms with Crippen molar-refractivity contribution in [3.63, 3.8) is 0 Å². The molecule has 1 saturated heterocycles. The fourth-order valence-corrected chi connectivity index (χ4v) is 6.66. The van der Waals surface area contributed by atoms with Gasteiger partial charge >= 0.3 is 0 Å². The average molecular weight is 318 g/mol. The Bertz CT molecular complexity index is 676. The summed E-state index contributed by atoms with van der Waals surface area (Å²) in [6.45, 7) is 0. The fraction of sp³-hybridized carbons (Fsp3) is 0.889. The molecule has 0 radical (unpaired) electrons. The molecule has 1 amide bonds. The van der Waals surface area contributed by atoms with E-state index < -0.39 is 30.1 Å². The van der Waals surface area contributed by atoms with Crippen LogP contribution in [-0.2, 0) is 4.79 Å². The summed E-state index contributed by atoms with van der Waals surface area (Å²) in [6, 6.07) is 0.370. The van der Waals surface area contributed by atoms with Crippen LogP contribution < -0.4 is 5.73 Å². The second kappa shape index (κ2) is 4.29. The Hall–Kier alpha value is -1.12. The van der Waals surface area contributed by atoms with Crippen LogP contribution >= 0.6 is 0 Å². The van der Waals surface area contributed by atoms with Crippen molar-refractivity contribution in [3.05, 3.63) is 0 Å². The maximum atomic E-state index is 13.3. The molecule has 3 N–H and O–H groups in total. The summed E-state index contributed by atoms with van der Waals surface area (Å²) >= 11 is 0. The number of hydrogen-bond donors (Lipinski definition) is 2. The van der Waals surface area contributed by atoms with Gasteiger partial charge in [0.05, 0.1) is 17.7 Å². The third-order valence-electron chi connectivity index (χ3n) is 7.17. The number of likely N-dealkylation sites (tertiary alicyclic amines) is 1. The molecule has 0 spiro atoms. The second-order valence-electron chi connectivity index (χ2n) is 8.87. The number of nitrogens with zero attached hydrogens (tertiary/aromatic N) is 2. The molecule has 6 fully saturated rings. The van der Waals surface area contributed by atoms with Crippen molar-refractivity contribution in [2.75, 3.05) is 0 Å². The molecule has 4 bridgehead atoms. The summed E-state index contributed by atoms with van der Waals surface area (Å²) in [4.78, 5) is 14.7. The van der Waals surface area contributed by atoms with Crippen LogP contribution in [0.25, 0.3) is 0 Å². The van der Waals surface area contributed by atoms with Gasteiger partial charge in [-0.05, 0) is 74.5 Å². The van der Waals surface area contributed by atoms with Gasteiger partial charge in [-0.15, -0.1) is 0 Å². The fourth-order valence-electron chi connectivity index (χ4n) is 6.66. The molecule has 124 valence electrons. The molecule has 2 unspecified atom stereocenters. The molecule has 6 atom stereocenters. The number of aliphatic hydroxyl groups is 1. The summed E-state index contributed by atoms with van der Waals surface area (Å²) < 4.78 is 16.1. The zero-order valence-corrected chi connectivity index (χ0v) is 13.2. The highest BCUT2D eigenvalue weighted by molar-refractivity contribution is 5.84. The van der Waals surface area contributed by atoms with Crippen LogP contribution in [0.4, 0.5) is 0 Å². The first-order valence-electron chi connectivity index (χ1n) is 9.89. The Balaban J connectivity index is 1.44. The maximum Gasteiger partial charge on any atom is 0.241 e. The smallest absolute Gasteiger partial charge is 0.241 e. The van der Waals surface area contributed by atoms with E-state index in [1.165, 1.54) is 4.90 Å². The molecule has 1 aliphatic heterocycles. The Morgan fingerprint density at radius 2 is 2.04 bits per heavy atom. The minimum absolute atomic E-state index is 0.228. The number of hydrogen-bond acceptors (Lipinski definition) is 4. The number of amides is 1. The Morgan fingerprint density at radius 3 is 2.65 bits per heavy atom. The van der Waals surface area contributed by atoms with E-state index in [2.05, 4.69) is 6.07 Å². The lowest BCUT2D eigenvalue weighted by molar-refractivity contribution is -0.177. The van der Waals surface area contributed by atoms with E-state index in [4.69, 9.17) is 8.48 Å². The van der Waals surface area contributed by atoms with Gasteiger partial charge in [0.15, 0.2) is 0 Å². The minimum Gasteiger partial charge on any atom is -0.390 e. The van der Waals surface area contributed by atoms with Crippen molar-refractivity contribution in [1.82, 2.24) is 4.90 Å². The molecule has 5 aliphatic carbocycles. The predicted octanol–water partition coefficient (Wildman–Crippen LogP) is 1.16. The summed E-state index contributed by atoms with van der Waals surface area (Å²) in [6.07, 6.45) is 4.13. The van der Waals surface area contributed by atoms with E-state index in [1.54, 1.807) is 0 Å². The SMILES string of the molecule is [2H]C1([2H])[C@H]2C[C@@H](C#N)N([13C](=O)[C@@H](N)C34CC5CC(CC(O)(C5)C3)C4)[C@H]21. The molecule has 6 aliphatic rings. The third-order valence-corrected chi connectivity index (χ3v) is 7.17. The van der Waals surface area contributed by atoms with Gasteiger partial charge in [-0.2, -0.15) is 5.26 Å². The normalized spacial score (nSPS) is 57.3. The van der Waals surface area contributed by atoms with Crippen LogP contribution in [0.15, 0.2) is 0 Å². The van der Waals surface area contributed by atoms with Crippen LogP contribution in [0, 0.1) is 34.5 Å². The number of piperidine rings is 1. The molecule has 0 aromatic rings. The molecule has 5 saturated carbocycles. The zero-order valence-electron chi connectivity index (χ0n) is 15.2. The topological polar surface area (TPSA) is 90.4 Å². The van der Waals surface area contributed by atoms with Gasteiger partial charge < -0.3 is 15.7 Å². The third kappa shape index (κ3) is 1.88. The maximum absolute atomic E-state index is 13.3. The molecule has 5 nitrogen and oxygen atoms in total. The van der Waals surface area contributed by atoms with Crippen LogP contribution in [0.5, 0.6) is 0 Å². The number of carbonyl (C=O) groups excluding carboxylic acids is 1. The van der Waals surface area contributed by atoms with Gasteiger partial charge in [0.2, 0.25) is 5.91 Å². The van der Waals surface area contributed by atoms with E-state index in [0.717, 1.165) is 32.1 Å². The summed E-state index contributed by atoms with van der Waals surface area (Å²) in [5, 5.41) is 20.3.